The van der Waals surface area contributed by atoms with Gasteiger partial charge in [0, 0.05) is 74.4 Å². The quantitative estimate of drug-likeness (QED) is 0.264. The second-order valence-electron chi connectivity index (χ2n) is 12.5. The monoisotopic (exact) mass is 630 g/mol. The number of piperidine rings is 1. The lowest BCUT2D eigenvalue weighted by Gasteiger charge is -2.38. The van der Waals surface area contributed by atoms with Gasteiger partial charge in [0.25, 0.3) is 0 Å². The molecule has 2 atom stereocenters. The number of fused-ring (bicyclic) bond motifs is 3. The summed E-state index contributed by atoms with van der Waals surface area (Å²) < 4.78 is 62.4. The first-order chi connectivity index (χ1) is 21.3. The second-order valence-corrected chi connectivity index (χ2v) is 12.5. The van der Waals surface area contributed by atoms with Crippen LogP contribution in [-0.4, -0.2) is 100 Å². The van der Waals surface area contributed by atoms with Gasteiger partial charge in [-0.2, -0.15) is 18.2 Å². The third kappa shape index (κ3) is 6.43. The van der Waals surface area contributed by atoms with Crippen LogP contribution in [0.4, 0.5) is 40.8 Å². The van der Waals surface area contributed by atoms with Gasteiger partial charge < -0.3 is 34.4 Å². The van der Waals surface area contributed by atoms with Crippen molar-refractivity contribution in [2.45, 2.75) is 51.2 Å². The Morgan fingerprint density at radius 3 is 2.49 bits per heavy atom. The number of rotatable bonds is 7. The van der Waals surface area contributed by atoms with E-state index in [1.54, 1.807) is 29.4 Å². The third-order valence-electron chi connectivity index (χ3n) is 8.56. The molecule has 2 saturated heterocycles. The maximum atomic E-state index is 14.8. The van der Waals surface area contributed by atoms with E-state index in [4.69, 9.17) is 4.74 Å². The Bertz CT molecular complexity index is 1680. The van der Waals surface area contributed by atoms with Crippen LogP contribution in [-0.2, 0) is 0 Å². The molecule has 0 radical (unpaired) electrons. The fourth-order valence-electron chi connectivity index (χ4n) is 6.17. The van der Waals surface area contributed by atoms with Crippen LogP contribution in [0, 0.1) is 0 Å². The predicted octanol–water partition coefficient (Wildman–Crippen LogP) is 5.30. The number of halogens is 4. The summed E-state index contributed by atoms with van der Waals surface area (Å²) in [5.41, 5.74) is 0.567. The first-order valence-electron chi connectivity index (χ1n) is 15.1. The highest BCUT2D eigenvalue weighted by Crippen LogP contribution is 2.42. The van der Waals surface area contributed by atoms with Gasteiger partial charge in [0.2, 0.25) is 5.95 Å². The van der Waals surface area contributed by atoms with Gasteiger partial charge in [-0.1, -0.05) is 0 Å². The first kappa shape index (κ1) is 31.1. The minimum atomic E-state index is -4.49. The van der Waals surface area contributed by atoms with Crippen molar-refractivity contribution in [1.29, 1.82) is 0 Å². The molecule has 0 spiro atoms. The maximum Gasteiger partial charge on any atom is 0.422 e. The van der Waals surface area contributed by atoms with Crippen molar-refractivity contribution < 1.29 is 27.4 Å². The Hall–Kier alpha value is -3.91. The number of piperazine rings is 1. The molecule has 2 aliphatic rings. The number of pyridine rings is 1. The number of aromatic nitrogens is 4. The van der Waals surface area contributed by atoms with E-state index in [0.29, 0.717) is 34.9 Å². The molecule has 1 aromatic carbocycles. The fraction of sp³-hybridized carbons (Fsp3) is 0.516. The Balaban J connectivity index is 1.39. The van der Waals surface area contributed by atoms with Crippen LogP contribution in [0.5, 0.6) is 5.75 Å². The normalized spacial score (nSPS) is 21.7. The summed E-state index contributed by atoms with van der Waals surface area (Å²) in [5, 5.41) is 14.4. The largest absolute Gasteiger partial charge is 0.483 e. The van der Waals surface area contributed by atoms with E-state index < -0.39 is 24.6 Å². The minimum absolute atomic E-state index is 0.0337. The summed E-state index contributed by atoms with van der Waals surface area (Å²) in [6.07, 6.45) is -2.07. The lowest BCUT2D eigenvalue weighted by molar-refractivity contribution is -0.153. The summed E-state index contributed by atoms with van der Waals surface area (Å²) in [7, 11) is 2.05. The third-order valence-corrected chi connectivity index (χ3v) is 8.56. The number of aliphatic hydroxyl groups excluding tert-OH is 1. The highest BCUT2D eigenvalue weighted by Gasteiger charge is 2.40. The van der Waals surface area contributed by atoms with Gasteiger partial charge in [0.05, 0.1) is 29.1 Å². The first-order valence-corrected chi connectivity index (χ1v) is 15.1. The highest BCUT2D eigenvalue weighted by molar-refractivity contribution is 6.12. The number of alkyl halides is 4. The average Bonchev–Trinajstić information content (AvgIpc) is 3.31. The van der Waals surface area contributed by atoms with Crippen LogP contribution in [0.3, 0.4) is 0 Å². The Labute approximate surface area is 258 Å². The zero-order chi connectivity index (χ0) is 32.1. The SMILES string of the molecule is CC(C)n1c2cc(Nc3ccnc(N4CC[C@@H](O)[C@@](C)(F)C4)n3)ncc2c2c(OCC(F)(F)F)cc(N3CCN(C)CC3)cc21. The van der Waals surface area contributed by atoms with Gasteiger partial charge in [-0.15, -0.1) is 0 Å². The topological polar surface area (TPSA) is 94.8 Å². The molecule has 0 amide bonds. The summed E-state index contributed by atoms with van der Waals surface area (Å²) >= 11 is 0. The number of ether oxygens (including phenoxy) is 1. The molecule has 0 bridgehead atoms. The number of likely N-dealkylation sites (N-methyl/N-ethyl adjacent to an activating group) is 1. The van der Waals surface area contributed by atoms with Crippen molar-refractivity contribution in [3.05, 3.63) is 36.7 Å². The van der Waals surface area contributed by atoms with Crippen molar-refractivity contribution in [2.75, 3.05) is 68.0 Å². The molecular weight excluding hydrogens is 592 g/mol. The molecule has 2 fully saturated rings. The molecular formula is C31H38F4N8O2. The van der Waals surface area contributed by atoms with Crippen LogP contribution < -0.4 is 19.9 Å². The van der Waals surface area contributed by atoms with E-state index in [1.807, 2.05) is 26.0 Å². The van der Waals surface area contributed by atoms with E-state index in [9.17, 15) is 22.7 Å². The number of hydrogen-bond acceptors (Lipinski definition) is 9. The lowest BCUT2D eigenvalue weighted by Crippen LogP contribution is -2.52. The Kier molecular flexibility index (Phi) is 8.14. The number of aliphatic hydroxyl groups is 1. The van der Waals surface area contributed by atoms with Crippen molar-refractivity contribution in [1.82, 2.24) is 24.4 Å². The Morgan fingerprint density at radius 1 is 1.04 bits per heavy atom. The summed E-state index contributed by atoms with van der Waals surface area (Å²) in [6.45, 7) is 7.59. The predicted molar refractivity (Wildman–Crippen MR) is 167 cm³/mol. The molecule has 10 nitrogen and oxygen atoms in total. The standard InChI is InChI=1S/C31H38F4N8O2/c1-19(2)43-22-15-27(38-26-5-7-36-29(39-26)42-8-6-25(44)30(3,32)17-42)37-16-21(22)28-23(43)13-20(41-11-9-40(4)10-12-41)14-24(28)45-18-31(33,34)35/h5,7,13-16,19,25,44H,6,8-12,17-18H2,1-4H3,(H,36,37,38,39)/t25-,30+/m1/s1. The van der Waals surface area contributed by atoms with Gasteiger partial charge in [0.1, 0.15) is 17.4 Å². The van der Waals surface area contributed by atoms with Crippen molar-refractivity contribution in [3.63, 3.8) is 0 Å². The zero-order valence-corrected chi connectivity index (χ0v) is 25.8. The van der Waals surface area contributed by atoms with E-state index in [-0.39, 0.29) is 24.8 Å². The van der Waals surface area contributed by atoms with Gasteiger partial charge in [-0.3, -0.25) is 0 Å². The molecule has 242 valence electrons. The summed E-state index contributed by atoms with van der Waals surface area (Å²) in [6, 6.07) is 7.22. The number of benzene rings is 1. The molecule has 2 aliphatic heterocycles. The van der Waals surface area contributed by atoms with Crippen LogP contribution in [0.15, 0.2) is 36.7 Å². The number of nitrogens with one attached hydrogen (secondary N) is 1. The van der Waals surface area contributed by atoms with E-state index in [1.165, 1.54) is 6.92 Å². The van der Waals surface area contributed by atoms with Crippen molar-refractivity contribution in [2.24, 2.45) is 0 Å². The lowest BCUT2D eigenvalue weighted by atomic mass is 9.94. The average molecular weight is 631 g/mol. The summed E-state index contributed by atoms with van der Waals surface area (Å²) in [5.74, 6) is 1.41. The maximum absolute atomic E-state index is 14.8. The molecule has 5 heterocycles. The van der Waals surface area contributed by atoms with Crippen LogP contribution in [0.1, 0.15) is 33.2 Å². The molecule has 4 aromatic rings. The molecule has 0 unspecified atom stereocenters. The van der Waals surface area contributed by atoms with Crippen molar-refractivity contribution >= 4 is 45.1 Å². The molecule has 45 heavy (non-hydrogen) atoms. The number of nitrogens with zero attached hydrogens (tertiary/aromatic N) is 7. The van der Waals surface area contributed by atoms with Crippen molar-refractivity contribution in [3.8, 4) is 5.75 Å². The van der Waals surface area contributed by atoms with Gasteiger partial charge in [-0.25, -0.2) is 14.4 Å². The molecule has 0 aliphatic carbocycles. The fourth-order valence-corrected chi connectivity index (χ4v) is 6.17. The van der Waals surface area contributed by atoms with Crippen LogP contribution in [0.25, 0.3) is 21.8 Å². The van der Waals surface area contributed by atoms with Gasteiger partial charge >= 0.3 is 6.18 Å². The van der Waals surface area contributed by atoms with Crippen LogP contribution >= 0.6 is 0 Å². The molecule has 0 saturated carbocycles. The second kappa shape index (κ2) is 11.8. The molecule has 2 N–H and O–H groups in total. The van der Waals surface area contributed by atoms with Crippen LogP contribution in [0.2, 0.25) is 0 Å². The van der Waals surface area contributed by atoms with E-state index in [0.717, 1.165) is 42.9 Å². The number of anilines is 4. The van der Waals surface area contributed by atoms with Gasteiger partial charge in [0.15, 0.2) is 12.3 Å². The van der Waals surface area contributed by atoms with E-state index >= 15 is 0 Å². The minimum Gasteiger partial charge on any atom is -0.483 e. The molecule has 6 rings (SSSR count). The smallest absolute Gasteiger partial charge is 0.422 e. The Morgan fingerprint density at radius 2 is 1.80 bits per heavy atom. The molecule has 3 aromatic heterocycles. The zero-order valence-electron chi connectivity index (χ0n) is 25.8. The number of hydrogen-bond donors (Lipinski definition) is 2. The summed E-state index contributed by atoms with van der Waals surface area (Å²) in [4.78, 5) is 19.6. The molecule has 14 heteroatoms. The highest BCUT2D eigenvalue weighted by atomic mass is 19.4. The van der Waals surface area contributed by atoms with E-state index in [2.05, 4.69) is 41.7 Å². The van der Waals surface area contributed by atoms with Gasteiger partial charge in [-0.05, 0) is 46.4 Å².